The lowest BCUT2D eigenvalue weighted by atomic mass is 10.1. The van der Waals surface area contributed by atoms with Crippen molar-refractivity contribution in [3.63, 3.8) is 0 Å². The summed E-state index contributed by atoms with van der Waals surface area (Å²) in [6.45, 7) is 3.67. The summed E-state index contributed by atoms with van der Waals surface area (Å²) in [6, 6.07) is 4.89. The maximum Gasteiger partial charge on any atom is 0.417 e. The van der Waals surface area contributed by atoms with E-state index in [2.05, 4.69) is 15.3 Å². The van der Waals surface area contributed by atoms with Gasteiger partial charge < -0.3 is 14.6 Å². The van der Waals surface area contributed by atoms with E-state index in [0.717, 1.165) is 4.70 Å². The number of nitrogens with one attached hydrogen (secondary N) is 1. The number of fused-ring (bicyclic) bond motifs is 1. The van der Waals surface area contributed by atoms with Crippen LogP contribution in [-0.4, -0.2) is 33.4 Å². The van der Waals surface area contributed by atoms with Gasteiger partial charge in [0.2, 0.25) is 0 Å². The number of benzene rings is 1. The molecule has 3 rings (SSSR count). The molecular weight excluding hydrogens is 390 g/mol. The van der Waals surface area contributed by atoms with Crippen molar-refractivity contribution in [3.8, 4) is 11.5 Å². The topological polar surface area (TPSA) is 93.6 Å². The lowest BCUT2D eigenvalue weighted by Gasteiger charge is -2.27. The number of aromatic nitrogens is 2. The van der Waals surface area contributed by atoms with Gasteiger partial charge in [0.05, 0.1) is 10.4 Å². The Balaban J connectivity index is 1.78. The first-order chi connectivity index (χ1) is 12.9. The Labute approximate surface area is 164 Å². The second-order valence-electron chi connectivity index (χ2n) is 6.33. The number of rotatable bonds is 6. The summed E-state index contributed by atoms with van der Waals surface area (Å²) in [5, 5.41) is 13.9. The molecule has 1 aromatic carbocycles. The molecule has 0 aliphatic rings. The molecule has 0 aliphatic heterocycles. The average molecular weight is 408 g/mol. The maximum absolute atomic E-state index is 12.4. The normalized spacial score (nSPS) is 11.4. The number of carbonyl (C=O) groups is 1. The Bertz CT molecular complexity index is 961. The van der Waals surface area contributed by atoms with E-state index in [-0.39, 0.29) is 6.61 Å². The molecule has 2 N–H and O–H groups in total. The van der Waals surface area contributed by atoms with Gasteiger partial charge in [-0.2, -0.15) is 0 Å². The maximum atomic E-state index is 12.4. The summed E-state index contributed by atoms with van der Waals surface area (Å²) in [7, 11) is 0. The number of hydrogen-bond donors (Lipinski definition) is 2. The largest absolute Gasteiger partial charge is 0.486 e. The molecule has 0 saturated carbocycles. The molecule has 9 heteroatoms. The number of thiophene rings is 1. The fraction of sp³-hybridized carbons (Fsp3) is 0.278. The second kappa shape index (κ2) is 8.08. The zero-order chi connectivity index (χ0) is 19.4. The molecule has 0 radical (unpaired) electrons. The smallest absolute Gasteiger partial charge is 0.417 e. The van der Waals surface area contributed by atoms with Crippen molar-refractivity contribution in [2.75, 3.05) is 11.9 Å². The SMILES string of the molecule is CC(C)(CCO)Oc1ccc(Cl)cc1NC(=O)Oc1csc2cncnc12. The third-order valence-electron chi connectivity index (χ3n) is 3.69. The Morgan fingerprint density at radius 3 is 2.96 bits per heavy atom. The summed E-state index contributed by atoms with van der Waals surface area (Å²) >= 11 is 7.43. The summed E-state index contributed by atoms with van der Waals surface area (Å²) in [5.74, 6) is 0.771. The molecule has 142 valence electrons. The van der Waals surface area contributed by atoms with Crippen LogP contribution in [0.25, 0.3) is 10.2 Å². The lowest BCUT2D eigenvalue weighted by molar-refractivity contribution is 0.0771. The van der Waals surface area contributed by atoms with E-state index in [9.17, 15) is 4.79 Å². The van der Waals surface area contributed by atoms with Crippen LogP contribution in [0.15, 0.2) is 36.1 Å². The highest BCUT2D eigenvalue weighted by Gasteiger charge is 2.22. The Morgan fingerprint density at radius 1 is 1.37 bits per heavy atom. The molecule has 0 atom stereocenters. The van der Waals surface area contributed by atoms with Gasteiger partial charge >= 0.3 is 6.09 Å². The van der Waals surface area contributed by atoms with Crippen LogP contribution < -0.4 is 14.8 Å². The quantitative estimate of drug-likeness (QED) is 0.625. The van der Waals surface area contributed by atoms with Gasteiger partial charge in [0.1, 0.15) is 23.2 Å². The van der Waals surface area contributed by atoms with Crippen molar-refractivity contribution in [2.24, 2.45) is 0 Å². The third-order valence-corrected chi connectivity index (χ3v) is 4.81. The highest BCUT2D eigenvalue weighted by atomic mass is 35.5. The summed E-state index contributed by atoms with van der Waals surface area (Å²) < 4.78 is 12.1. The minimum absolute atomic E-state index is 0.0154. The zero-order valence-corrected chi connectivity index (χ0v) is 16.3. The van der Waals surface area contributed by atoms with Gasteiger partial charge in [0.25, 0.3) is 0 Å². The van der Waals surface area contributed by atoms with Crippen molar-refractivity contribution in [2.45, 2.75) is 25.9 Å². The van der Waals surface area contributed by atoms with E-state index < -0.39 is 11.7 Å². The molecule has 27 heavy (non-hydrogen) atoms. The van der Waals surface area contributed by atoms with E-state index in [1.165, 1.54) is 17.7 Å². The van der Waals surface area contributed by atoms with Gasteiger partial charge in [-0.05, 0) is 32.0 Å². The number of ether oxygens (including phenoxy) is 2. The Hall–Kier alpha value is -2.42. The number of halogens is 1. The summed E-state index contributed by atoms with van der Waals surface area (Å²) in [5.41, 5.74) is 0.313. The molecule has 1 amide bonds. The van der Waals surface area contributed by atoms with E-state index in [1.54, 1.807) is 29.8 Å². The molecule has 7 nitrogen and oxygen atoms in total. The van der Waals surface area contributed by atoms with Gasteiger partial charge in [-0.3, -0.25) is 5.32 Å². The van der Waals surface area contributed by atoms with Crippen molar-refractivity contribution >= 4 is 44.9 Å². The van der Waals surface area contributed by atoms with Gasteiger partial charge in [0, 0.05) is 29.6 Å². The predicted octanol–water partition coefficient (Wildman–Crippen LogP) is 4.50. The number of anilines is 1. The molecule has 2 heterocycles. The Kier molecular flexibility index (Phi) is 5.79. The molecule has 0 aliphatic carbocycles. The van der Waals surface area contributed by atoms with Crippen LogP contribution in [-0.2, 0) is 0 Å². The summed E-state index contributed by atoms with van der Waals surface area (Å²) in [6.07, 6.45) is 2.79. The summed E-state index contributed by atoms with van der Waals surface area (Å²) in [4.78, 5) is 20.4. The molecular formula is C18H18ClN3O4S. The highest BCUT2D eigenvalue weighted by molar-refractivity contribution is 7.17. The minimum Gasteiger partial charge on any atom is -0.486 e. The van der Waals surface area contributed by atoms with Crippen LogP contribution in [0.5, 0.6) is 11.5 Å². The van der Waals surface area contributed by atoms with E-state index in [4.69, 9.17) is 26.2 Å². The minimum atomic E-state index is -0.694. The number of carbonyl (C=O) groups excluding carboxylic acids is 1. The number of amides is 1. The first-order valence-corrected chi connectivity index (χ1v) is 9.39. The van der Waals surface area contributed by atoms with Crippen molar-refractivity contribution in [3.05, 3.63) is 41.1 Å². The molecule has 2 aromatic heterocycles. The van der Waals surface area contributed by atoms with Gasteiger partial charge in [0.15, 0.2) is 5.75 Å². The molecule has 0 bridgehead atoms. The van der Waals surface area contributed by atoms with Crippen molar-refractivity contribution in [1.82, 2.24) is 9.97 Å². The fourth-order valence-corrected chi connectivity index (χ4v) is 3.33. The number of aliphatic hydroxyl groups is 1. The van der Waals surface area contributed by atoms with E-state index >= 15 is 0 Å². The van der Waals surface area contributed by atoms with Crippen LogP contribution in [0.1, 0.15) is 20.3 Å². The van der Waals surface area contributed by atoms with E-state index in [0.29, 0.717) is 34.1 Å². The molecule has 0 saturated heterocycles. The van der Waals surface area contributed by atoms with Crippen LogP contribution in [0.3, 0.4) is 0 Å². The van der Waals surface area contributed by atoms with Gasteiger partial charge in [-0.1, -0.05) is 11.6 Å². The van der Waals surface area contributed by atoms with Crippen LogP contribution >= 0.6 is 22.9 Å². The monoisotopic (exact) mass is 407 g/mol. The van der Waals surface area contributed by atoms with Gasteiger partial charge in [-0.25, -0.2) is 14.8 Å². The fourth-order valence-electron chi connectivity index (χ4n) is 2.38. The molecule has 3 aromatic rings. The van der Waals surface area contributed by atoms with Crippen LogP contribution in [0, 0.1) is 0 Å². The molecule has 0 spiro atoms. The zero-order valence-electron chi connectivity index (χ0n) is 14.7. The number of aliphatic hydroxyl groups excluding tert-OH is 1. The van der Waals surface area contributed by atoms with Crippen molar-refractivity contribution in [1.29, 1.82) is 0 Å². The van der Waals surface area contributed by atoms with E-state index in [1.807, 2.05) is 13.8 Å². The number of hydrogen-bond acceptors (Lipinski definition) is 7. The predicted molar refractivity (Wildman–Crippen MR) is 105 cm³/mol. The molecule has 0 fully saturated rings. The van der Waals surface area contributed by atoms with Gasteiger partial charge in [-0.15, -0.1) is 11.3 Å². The average Bonchev–Trinajstić information content (AvgIpc) is 3.00. The highest BCUT2D eigenvalue weighted by Crippen LogP contribution is 2.33. The van der Waals surface area contributed by atoms with Crippen LogP contribution in [0.4, 0.5) is 10.5 Å². The first kappa shape index (κ1) is 19.3. The van der Waals surface area contributed by atoms with Crippen molar-refractivity contribution < 1.29 is 19.4 Å². The standard InChI is InChI=1S/C18H18ClN3O4S/c1-18(2,5-6-23)26-13-4-3-11(19)7-12(13)22-17(24)25-14-9-27-15-8-20-10-21-16(14)15/h3-4,7-10,23H,5-6H2,1-2H3,(H,22,24). The lowest BCUT2D eigenvalue weighted by Crippen LogP contribution is -2.30. The van der Waals surface area contributed by atoms with Crippen LogP contribution in [0.2, 0.25) is 5.02 Å². The number of nitrogens with zero attached hydrogens (tertiary/aromatic N) is 2. The first-order valence-electron chi connectivity index (χ1n) is 8.13. The third kappa shape index (κ3) is 4.85. The Morgan fingerprint density at radius 2 is 2.19 bits per heavy atom. The molecule has 0 unspecified atom stereocenters. The second-order valence-corrected chi connectivity index (χ2v) is 7.67.